The van der Waals surface area contributed by atoms with Gasteiger partial charge >= 0.3 is 11.9 Å². The van der Waals surface area contributed by atoms with Crippen molar-refractivity contribution in [3.63, 3.8) is 0 Å². The van der Waals surface area contributed by atoms with Crippen LogP contribution in [-0.2, 0) is 47.6 Å². The summed E-state index contributed by atoms with van der Waals surface area (Å²) in [7, 11) is 2.70. The van der Waals surface area contributed by atoms with E-state index in [2.05, 4.69) is 0 Å². The zero-order valence-electron chi connectivity index (χ0n) is 22.3. The third-order valence-electron chi connectivity index (χ3n) is 7.63. The van der Waals surface area contributed by atoms with E-state index in [4.69, 9.17) is 28.4 Å². The van der Waals surface area contributed by atoms with E-state index in [1.807, 2.05) is 60.7 Å². The van der Waals surface area contributed by atoms with Crippen molar-refractivity contribution in [2.45, 2.75) is 62.7 Å². The highest BCUT2D eigenvalue weighted by Crippen LogP contribution is 2.39. The highest BCUT2D eigenvalue weighted by Gasteiger charge is 2.48. The number of Topliss-reactive ketones (excluding diaryl/α,β-unsaturated/α-hetero) is 2. The zero-order valence-corrected chi connectivity index (χ0v) is 22.3. The van der Waals surface area contributed by atoms with Gasteiger partial charge in [-0.2, -0.15) is 0 Å². The van der Waals surface area contributed by atoms with Crippen LogP contribution >= 0.6 is 0 Å². The highest BCUT2D eigenvalue weighted by molar-refractivity contribution is 5.91. The summed E-state index contributed by atoms with van der Waals surface area (Å²) in [6.07, 6.45) is -1.94. The molecule has 2 aliphatic heterocycles. The Kier molecular flexibility index (Phi) is 8.70. The van der Waals surface area contributed by atoms with Crippen LogP contribution in [0.4, 0.5) is 0 Å². The molecule has 4 fully saturated rings. The van der Waals surface area contributed by atoms with E-state index in [-0.39, 0.29) is 35.3 Å². The van der Waals surface area contributed by atoms with Crippen LogP contribution in [0.2, 0.25) is 0 Å². The van der Waals surface area contributed by atoms with E-state index in [9.17, 15) is 19.2 Å². The van der Waals surface area contributed by atoms with Crippen LogP contribution in [0.1, 0.15) is 49.4 Å². The first-order chi connectivity index (χ1) is 19.4. The van der Waals surface area contributed by atoms with Gasteiger partial charge in [0.15, 0.2) is 24.1 Å². The molecule has 0 spiro atoms. The molecule has 2 heterocycles. The van der Waals surface area contributed by atoms with Gasteiger partial charge in [-0.3, -0.25) is 19.2 Å². The summed E-state index contributed by atoms with van der Waals surface area (Å²) < 4.78 is 32.3. The van der Waals surface area contributed by atoms with Gasteiger partial charge in [-0.1, -0.05) is 60.7 Å². The molecule has 2 saturated carbocycles. The lowest BCUT2D eigenvalue weighted by molar-refractivity contribution is -0.249. The van der Waals surface area contributed by atoms with Crippen LogP contribution in [0.15, 0.2) is 60.7 Å². The summed E-state index contributed by atoms with van der Waals surface area (Å²) in [6, 6.07) is 19.0. The fourth-order valence-electron chi connectivity index (χ4n) is 5.51. The third-order valence-corrected chi connectivity index (χ3v) is 7.63. The maximum absolute atomic E-state index is 12.0. The number of ether oxygens (including phenoxy) is 6. The van der Waals surface area contributed by atoms with Crippen LogP contribution in [0.25, 0.3) is 0 Å². The molecule has 10 heteroatoms. The Balaban J connectivity index is 0.000000161. The van der Waals surface area contributed by atoms with Crippen molar-refractivity contribution in [2.24, 2.45) is 11.8 Å². The van der Waals surface area contributed by atoms with E-state index in [1.165, 1.54) is 14.2 Å². The molecule has 0 N–H and O–H groups in total. The van der Waals surface area contributed by atoms with Gasteiger partial charge in [0.25, 0.3) is 0 Å². The molecule has 10 nitrogen and oxygen atoms in total. The van der Waals surface area contributed by atoms with Crippen molar-refractivity contribution in [3.05, 3.63) is 71.8 Å². The summed E-state index contributed by atoms with van der Waals surface area (Å²) >= 11 is 0. The minimum absolute atomic E-state index is 0.0719. The molecule has 4 aliphatic rings. The second-order valence-corrected chi connectivity index (χ2v) is 10.2. The predicted molar refractivity (Wildman–Crippen MR) is 137 cm³/mol. The van der Waals surface area contributed by atoms with Crippen LogP contribution in [0, 0.1) is 11.8 Å². The summed E-state index contributed by atoms with van der Waals surface area (Å²) in [5.74, 6) is -1.42. The van der Waals surface area contributed by atoms with E-state index >= 15 is 0 Å². The lowest BCUT2D eigenvalue weighted by Gasteiger charge is -2.40. The zero-order chi connectivity index (χ0) is 28.2. The number of hydrogen-bond donors (Lipinski definition) is 0. The van der Waals surface area contributed by atoms with Crippen molar-refractivity contribution in [1.82, 2.24) is 0 Å². The third kappa shape index (κ3) is 6.00. The molecule has 2 aliphatic carbocycles. The quantitative estimate of drug-likeness (QED) is 0.522. The lowest BCUT2D eigenvalue weighted by atomic mass is 9.83. The van der Waals surface area contributed by atoms with Crippen LogP contribution in [-0.4, -0.2) is 62.1 Å². The van der Waals surface area contributed by atoms with Gasteiger partial charge in [0.1, 0.15) is 24.4 Å². The number of methoxy groups -OCH3 is 2. The van der Waals surface area contributed by atoms with E-state index in [0.717, 1.165) is 11.1 Å². The van der Waals surface area contributed by atoms with Crippen LogP contribution in [0.5, 0.6) is 0 Å². The largest absolute Gasteiger partial charge is 0.469 e. The van der Waals surface area contributed by atoms with Gasteiger partial charge in [0.05, 0.1) is 26.1 Å². The number of fused-ring (bicyclic) bond motifs is 4. The molecule has 2 saturated heterocycles. The first kappa shape index (κ1) is 28.1. The smallest absolute Gasteiger partial charge is 0.308 e. The average molecular weight is 553 g/mol. The Bertz CT molecular complexity index is 1080. The molecule has 8 atom stereocenters. The van der Waals surface area contributed by atoms with E-state index in [0.29, 0.717) is 25.7 Å². The molecule has 0 radical (unpaired) electrons. The van der Waals surface area contributed by atoms with E-state index in [1.54, 1.807) is 0 Å². The Morgan fingerprint density at radius 2 is 0.875 bits per heavy atom. The van der Waals surface area contributed by atoms with Gasteiger partial charge in [-0.25, -0.2) is 0 Å². The molecule has 0 aromatic heterocycles. The molecule has 2 aromatic rings. The van der Waals surface area contributed by atoms with Gasteiger partial charge in [0.2, 0.25) is 0 Å². The standard InChI is InChI=1S/2C15H16O5/c2*1-18-14(17)10-7-11-13(16)12(8-10)20-15(19-11)9-5-3-2-4-6-9/h2*2-6,10-12,15H,7-8H2,1H3/t2*10?,11-,12+,15?. The predicted octanol–water partition coefficient (Wildman–Crippen LogP) is 3.24. The molecule has 0 amide bonds. The first-order valence-corrected chi connectivity index (χ1v) is 13.3. The number of rotatable bonds is 4. The second kappa shape index (κ2) is 12.4. The molecular weight excluding hydrogens is 520 g/mol. The van der Waals surface area contributed by atoms with Gasteiger partial charge in [-0.05, 0) is 25.7 Å². The minimum atomic E-state index is -0.586. The maximum Gasteiger partial charge on any atom is 0.308 e. The van der Waals surface area contributed by atoms with Crippen LogP contribution < -0.4 is 0 Å². The van der Waals surface area contributed by atoms with Gasteiger partial charge in [0, 0.05) is 11.1 Å². The SMILES string of the molecule is COC(=O)C1C[C@@H]2OC(c3ccccc3)O[C@H](C1)C2=O.COC(=O)C1C[C@@H]2OC(c3ccccc3)O[C@H](C1)C2=O. The molecular formula is C30H32O10. The Morgan fingerprint density at radius 3 is 1.15 bits per heavy atom. The van der Waals surface area contributed by atoms with Crippen molar-refractivity contribution in [3.8, 4) is 0 Å². The number of carbonyl (C=O) groups excluding carboxylic acids is 4. The summed E-state index contributed by atoms with van der Waals surface area (Å²) in [5, 5.41) is 0. The average Bonchev–Trinajstić information content (AvgIpc) is 2.97. The molecule has 6 rings (SSSR count). The number of ketones is 2. The summed E-state index contributed by atoms with van der Waals surface area (Å²) in [5.41, 5.74) is 1.76. The summed E-state index contributed by atoms with van der Waals surface area (Å²) in [4.78, 5) is 47.3. The topological polar surface area (TPSA) is 124 Å². The Hall–Kier alpha value is -3.44. The summed E-state index contributed by atoms with van der Waals surface area (Å²) in [6.45, 7) is 0. The lowest BCUT2D eigenvalue weighted by Crippen LogP contribution is -2.50. The molecule has 212 valence electrons. The number of hydrogen-bond acceptors (Lipinski definition) is 10. The fourth-order valence-corrected chi connectivity index (χ4v) is 5.51. The molecule has 40 heavy (non-hydrogen) atoms. The minimum Gasteiger partial charge on any atom is -0.469 e. The second-order valence-electron chi connectivity index (χ2n) is 10.2. The first-order valence-electron chi connectivity index (χ1n) is 13.3. The molecule has 4 unspecified atom stereocenters. The van der Waals surface area contributed by atoms with Crippen molar-refractivity contribution < 1.29 is 47.6 Å². The van der Waals surface area contributed by atoms with Gasteiger partial charge in [-0.15, -0.1) is 0 Å². The molecule has 2 aromatic carbocycles. The van der Waals surface area contributed by atoms with Crippen molar-refractivity contribution in [2.75, 3.05) is 14.2 Å². The molecule has 4 bridgehead atoms. The number of benzene rings is 2. The van der Waals surface area contributed by atoms with Crippen LogP contribution in [0.3, 0.4) is 0 Å². The highest BCUT2D eigenvalue weighted by atomic mass is 16.7. The van der Waals surface area contributed by atoms with E-state index < -0.39 is 37.0 Å². The normalized spacial score (nSPS) is 32.8. The number of esters is 2. The van der Waals surface area contributed by atoms with Crippen molar-refractivity contribution >= 4 is 23.5 Å². The fraction of sp³-hybridized carbons (Fsp3) is 0.467. The Labute approximate surface area is 231 Å². The van der Waals surface area contributed by atoms with Gasteiger partial charge < -0.3 is 28.4 Å². The monoisotopic (exact) mass is 552 g/mol. The number of carbonyl (C=O) groups is 4. The maximum atomic E-state index is 12.0. The van der Waals surface area contributed by atoms with Crippen molar-refractivity contribution in [1.29, 1.82) is 0 Å². The Morgan fingerprint density at radius 1 is 0.575 bits per heavy atom.